The Morgan fingerprint density at radius 3 is 2.36 bits per heavy atom. The molecule has 2 aromatic rings. The number of carbonyl (C=O) groups is 1. The first-order valence-corrected chi connectivity index (χ1v) is 10.9. The molecule has 28 heavy (non-hydrogen) atoms. The van der Waals surface area contributed by atoms with Crippen LogP contribution in [0, 0.1) is 0 Å². The van der Waals surface area contributed by atoms with Gasteiger partial charge in [0.05, 0.1) is 33.8 Å². The van der Waals surface area contributed by atoms with Gasteiger partial charge in [0.15, 0.2) is 5.75 Å². The number of hydrogen-bond acceptors (Lipinski definition) is 5. The Labute approximate surface area is 181 Å². The zero-order chi connectivity index (χ0) is 20.5. The summed E-state index contributed by atoms with van der Waals surface area (Å²) in [5.41, 5.74) is -0.172. The van der Waals surface area contributed by atoms with Crippen LogP contribution in [0.5, 0.6) is 5.75 Å². The van der Waals surface area contributed by atoms with E-state index in [1.54, 1.807) is 6.07 Å². The minimum Gasteiger partial charge on any atom is -0.421 e. The molecule has 0 amide bonds. The van der Waals surface area contributed by atoms with Gasteiger partial charge in [-0.15, -0.1) is 0 Å². The average Bonchev–Trinajstić information content (AvgIpc) is 2.66. The van der Waals surface area contributed by atoms with Gasteiger partial charge in [-0.05, 0) is 24.3 Å². The molecule has 150 valence electrons. The second-order valence-corrected chi connectivity index (χ2v) is 9.23. The summed E-state index contributed by atoms with van der Waals surface area (Å²) in [7, 11) is -3.95. The number of benzene rings is 2. The van der Waals surface area contributed by atoms with Crippen LogP contribution < -0.4 is 4.74 Å². The smallest absolute Gasteiger partial charge is 0.345 e. The van der Waals surface area contributed by atoms with Crippen LogP contribution in [0.4, 0.5) is 0 Å². The number of morpholine rings is 1. The molecule has 3 rings (SSSR count). The summed E-state index contributed by atoms with van der Waals surface area (Å²) in [6.45, 7) is 0.900. The first kappa shape index (κ1) is 21.6. The second-order valence-electron chi connectivity index (χ2n) is 5.72. The minimum atomic E-state index is -3.95. The maximum Gasteiger partial charge on any atom is 0.345 e. The molecule has 6 nitrogen and oxygen atoms in total. The van der Waals surface area contributed by atoms with Crippen LogP contribution in [-0.4, -0.2) is 45.0 Å². The van der Waals surface area contributed by atoms with E-state index in [0.717, 1.165) is 6.07 Å². The molecule has 1 aliphatic heterocycles. The lowest BCUT2D eigenvalue weighted by atomic mass is 10.2. The van der Waals surface area contributed by atoms with E-state index in [1.807, 2.05) is 0 Å². The van der Waals surface area contributed by atoms with E-state index in [2.05, 4.69) is 0 Å². The van der Waals surface area contributed by atoms with Gasteiger partial charge in [-0.2, -0.15) is 4.31 Å². The van der Waals surface area contributed by atoms with Crippen LogP contribution in [0.15, 0.2) is 35.2 Å². The number of ether oxygens (including phenoxy) is 2. The Hall–Kier alpha value is -1.06. The molecule has 1 heterocycles. The monoisotopic (exact) mass is 483 g/mol. The molecule has 0 aliphatic carbocycles. The highest BCUT2D eigenvalue weighted by atomic mass is 35.5. The maximum atomic E-state index is 12.9. The standard InChI is InChI=1S/C17H13Cl4NO5S/c18-11-2-1-3-14(16(11)21)27-17(23)10-8-15(13(20)9-12(10)19)28(24,25)22-4-6-26-7-5-22/h1-3,8-9H,4-7H2. The van der Waals surface area contributed by atoms with Gasteiger partial charge in [0.1, 0.15) is 9.92 Å². The van der Waals surface area contributed by atoms with Gasteiger partial charge in [0.2, 0.25) is 10.0 Å². The Bertz CT molecular complexity index is 1020. The molecule has 0 radical (unpaired) electrons. The summed E-state index contributed by atoms with van der Waals surface area (Å²) in [4.78, 5) is 12.3. The van der Waals surface area contributed by atoms with Crippen LogP contribution in [0.2, 0.25) is 20.1 Å². The highest BCUT2D eigenvalue weighted by Gasteiger charge is 2.30. The van der Waals surface area contributed by atoms with Crippen molar-refractivity contribution in [3.63, 3.8) is 0 Å². The van der Waals surface area contributed by atoms with Crippen LogP contribution in [0.3, 0.4) is 0 Å². The van der Waals surface area contributed by atoms with E-state index in [4.69, 9.17) is 55.9 Å². The fourth-order valence-corrected chi connectivity index (χ4v) is 5.09. The molecule has 1 fully saturated rings. The first-order chi connectivity index (χ1) is 13.2. The molecule has 0 saturated carbocycles. The van der Waals surface area contributed by atoms with E-state index in [9.17, 15) is 13.2 Å². The lowest BCUT2D eigenvalue weighted by Crippen LogP contribution is -2.40. The Balaban J connectivity index is 1.97. The van der Waals surface area contributed by atoms with Crippen molar-refractivity contribution >= 4 is 62.4 Å². The normalized spacial score (nSPS) is 15.4. The summed E-state index contributed by atoms with van der Waals surface area (Å²) in [6.07, 6.45) is 0. The highest BCUT2D eigenvalue weighted by molar-refractivity contribution is 7.89. The van der Waals surface area contributed by atoms with Crippen LogP contribution in [0.1, 0.15) is 10.4 Å². The summed E-state index contributed by atoms with van der Waals surface area (Å²) >= 11 is 24.1. The van der Waals surface area contributed by atoms with Gasteiger partial charge in [0, 0.05) is 13.1 Å². The summed E-state index contributed by atoms with van der Waals surface area (Å²) in [5.74, 6) is -0.882. The van der Waals surface area contributed by atoms with Crippen molar-refractivity contribution in [1.82, 2.24) is 4.31 Å². The molecule has 0 aromatic heterocycles. The number of halogens is 4. The predicted molar refractivity (Wildman–Crippen MR) is 107 cm³/mol. The fraction of sp³-hybridized carbons (Fsp3) is 0.235. The molecule has 0 atom stereocenters. The SMILES string of the molecule is O=C(Oc1cccc(Cl)c1Cl)c1cc(S(=O)(=O)N2CCOCC2)c(Cl)cc1Cl. The largest absolute Gasteiger partial charge is 0.421 e. The van der Waals surface area contributed by atoms with Crippen molar-refractivity contribution < 1.29 is 22.7 Å². The van der Waals surface area contributed by atoms with Gasteiger partial charge in [-0.3, -0.25) is 0 Å². The molecule has 0 N–H and O–H groups in total. The van der Waals surface area contributed by atoms with Crippen LogP contribution >= 0.6 is 46.4 Å². The Morgan fingerprint density at radius 1 is 1.00 bits per heavy atom. The van der Waals surface area contributed by atoms with Crippen molar-refractivity contribution in [2.75, 3.05) is 26.3 Å². The van der Waals surface area contributed by atoms with E-state index < -0.39 is 16.0 Å². The average molecular weight is 485 g/mol. The topological polar surface area (TPSA) is 72.9 Å². The first-order valence-electron chi connectivity index (χ1n) is 7.95. The second kappa shape index (κ2) is 8.75. The van der Waals surface area contributed by atoms with Crippen LogP contribution in [-0.2, 0) is 14.8 Å². The number of hydrogen-bond donors (Lipinski definition) is 0. The van der Waals surface area contributed by atoms with E-state index in [-0.39, 0.29) is 62.6 Å². The van der Waals surface area contributed by atoms with Crippen molar-refractivity contribution in [2.45, 2.75) is 4.90 Å². The van der Waals surface area contributed by atoms with Crippen molar-refractivity contribution in [2.24, 2.45) is 0 Å². The lowest BCUT2D eigenvalue weighted by molar-refractivity contribution is 0.0727. The van der Waals surface area contributed by atoms with Crippen molar-refractivity contribution in [3.05, 3.63) is 56.0 Å². The number of sulfonamides is 1. The third kappa shape index (κ3) is 4.41. The predicted octanol–water partition coefficient (Wildman–Crippen LogP) is 4.54. The van der Waals surface area contributed by atoms with Gasteiger partial charge in [-0.25, -0.2) is 13.2 Å². The molecule has 1 aliphatic rings. The summed E-state index contributed by atoms with van der Waals surface area (Å²) < 4.78 is 37.4. The van der Waals surface area contributed by atoms with Gasteiger partial charge < -0.3 is 9.47 Å². The minimum absolute atomic E-state index is 0.0165. The molecular formula is C17H13Cl4NO5S. The Morgan fingerprint density at radius 2 is 1.68 bits per heavy atom. The quantitative estimate of drug-likeness (QED) is 0.470. The van der Waals surface area contributed by atoms with Crippen molar-refractivity contribution in [3.8, 4) is 5.75 Å². The number of carbonyl (C=O) groups excluding carboxylic acids is 1. The molecule has 0 unspecified atom stereocenters. The number of nitrogens with zero attached hydrogens (tertiary/aromatic N) is 1. The van der Waals surface area contributed by atoms with Gasteiger partial charge in [-0.1, -0.05) is 52.5 Å². The fourth-order valence-electron chi connectivity index (χ4n) is 2.53. The molecule has 0 bridgehead atoms. The molecular weight excluding hydrogens is 472 g/mol. The summed E-state index contributed by atoms with van der Waals surface area (Å²) in [6, 6.07) is 6.81. The molecule has 2 aromatic carbocycles. The molecule has 11 heteroatoms. The van der Waals surface area contributed by atoms with E-state index in [0.29, 0.717) is 0 Å². The van der Waals surface area contributed by atoms with Gasteiger partial charge in [0.25, 0.3) is 0 Å². The van der Waals surface area contributed by atoms with Crippen molar-refractivity contribution in [1.29, 1.82) is 0 Å². The highest BCUT2D eigenvalue weighted by Crippen LogP contribution is 2.34. The third-order valence-corrected chi connectivity index (χ3v) is 7.43. The number of rotatable bonds is 4. The third-order valence-electron chi connectivity index (χ3n) is 3.95. The van der Waals surface area contributed by atoms with Crippen LogP contribution in [0.25, 0.3) is 0 Å². The lowest BCUT2D eigenvalue weighted by Gasteiger charge is -2.26. The zero-order valence-corrected chi connectivity index (χ0v) is 18.0. The summed E-state index contributed by atoms with van der Waals surface area (Å²) in [5, 5.41) is 0.0800. The molecule has 1 saturated heterocycles. The van der Waals surface area contributed by atoms with Gasteiger partial charge >= 0.3 is 5.97 Å². The van der Waals surface area contributed by atoms with E-state index in [1.165, 1.54) is 22.5 Å². The molecule has 0 spiro atoms. The Kier molecular flexibility index (Phi) is 6.76. The maximum absolute atomic E-state index is 12.9. The zero-order valence-electron chi connectivity index (χ0n) is 14.1. The number of esters is 1. The van der Waals surface area contributed by atoms with E-state index >= 15 is 0 Å².